The quantitative estimate of drug-likeness (QED) is 0.868. The van der Waals surface area contributed by atoms with Gasteiger partial charge in [-0.1, -0.05) is 6.07 Å². The van der Waals surface area contributed by atoms with Gasteiger partial charge in [-0.3, -0.25) is 14.9 Å². The monoisotopic (exact) mass is 351 g/mol. The molecule has 1 saturated heterocycles. The van der Waals surface area contributed by atoms with Crippen LogP contribution in [0.2, 0.25) is 0 Å². The molecule has 0 spiro atoms. The zero-order valence-electron chi connectivity index (χ0n) is 15.0. The lowest BCUT2D eigenvalue weighted by molar-refractivity contribution is -0.130. The second kappa shape index (κ2) is 6.49. The average Bonchev–Trinajstić information content (AvgIpc) is 3.61. The second-order valence-corrected chi connectivity index (χ2v) is 8.08. The van der Waals surface area contributed by atoms with E-state index in [0.717, 1.165) is 36.4 Å². The first-order valence-corrected chi connectivity index (χ1v) is 9.88. The number of hydrogen-bond acceptors (Lipinski definition) is 4. The molecule has 26 heavy (non-hydrogen) atoms. The van der Waals surface area contributed by atoms with Crippen LogP contribution in [0.15, 0.2) is 24.4 Å². The van der Waals surface area contributed by atoms with E-state index in [1.54, 1.807) is 6.20 Å². The van der Waals surface area contributed by atoms with Crippen LogP contribution in [0, 0.1) is 11.8 Å². The van der Waals surface area contributed by atoms with E-state index in [1.807, 2.05) is 18.2 Å². The molecule has 1 amide bonds. The number of nitrogens with one attached hydrogen (secondary N) is 1. The van der Waals surface area contributed by atoms with E-state index in [0.29, 0.717) is 30.6 Å². The number of aromatic nitrogens is 4. The van der Waals surface area contributed by atoms with E-state index in [2.05, 4.69) is 20.1 Å². The number of aryl methyl sites for hydroxylation is 1. The SMILES string of the molecule is O=C(CCc1ccccn1)N1C[C@H](c2nc(C3CC3)n[nH]2)[C@@H](C2CC2)C1. The molecule has 0 unspecified atom stereocenters. The van der Waals surface area contributed by atoms with E-state index in [-0.39, 0.29) is 5.91 Å². The first-order valence-electron chi connectivity index (χ1n) is 9.88. The zero-order chi connectivity index (χ0) is 17.5. The largest absolute Gasteiger partial charge is 0.342 e. The lowest BCUT2D eigenvalue weighted by atomic mass is 9.91. The molecule has 6 heteroatoms. The highest BCUT2D eigenvalue weighted by Gasteiger charge is 2.45. The van der Waals surface area contributed by atoms with Gasteiger partial charge in [0.05, 0.1) is 0 Å². The Morgan fingerprint density at radius 3 is 2.81 bits per heavy atom. The smallest absolute Gasteiger partial charge is 0.222 e. The molecule has 0 radical (unpaired) electrons. The third-order valence-corrected chi connectivity index (χ3v) is 6.08. The summed E-state index contributed by atoms with van der Waals surface area (Å²) in [6, 6.07) is 5.87. The van der Waals surface area contributed by atoms with Crippen LogP contribution in [-0.2, 0) is 11.2 Å². The molecule has 2 atom stereocenters. The molecule has 1 N–H and O–H groups in total. The summed E-state index contributed by atoms with van der Waals surface area (Å²) in [5, 5.41) is 7.62. The molecule has 2 aliphatic carbocycles. The van der Waals surface area contributed by atoms with Gasteiger partial charge in [0.25, 0.3) is 0 Å². The zero-order valence-corrected chi connectivity index (χ0v) is 15.0. The van der Waals surface area contributed by atoms with Crippen LogP contribution in [-0.4, -0.2) is 44.1 Å². The summed E-state index contributed by atoms with van der Waals surface area (Å²) >= 11 is 0. The lowest BCUT2D eigenvalue weighted by Crippen LogP contribution is -2.29. The summed E-state index contributed by atoms with van der Waals surface area (Å²) in [5.74, 6) is 4.40. The molecule has 5 rings (SSSR count). The summed E-state index contributed by atoms with van der Waals surface area (Å²) in [7, 11) is 0. The van der Waals surface area contributed by atoms with Crippen molar-refractivity contribution in [2.45, 2.75) is 50.4 Å². The molecule has 2 saturated carbocycles. The Morgan fingerprint density at radius 1 is 1.19 bits per heavy atom. The molecular weight excluding hydrogens is 326 g/mol. The third-order valence-electron chi connectivity index (χ3n) is 6.08. The molecule has 1 aliphatic heterocycles. The molecule has 136 valence electrons. The van der Waals surface area contributed by atoms with Crippen molar-refractivity contribution in [1.82, 2.24) is 25.1 Å². The fraction of sp³-hybridized carbons (Fsp3) is 0.600. The van der Waals surface area contributed by atoms with Gasteiger partial charge in [0, 0.05) is 43.2 Å². The first kappa shape index (κ1) is 16.0. The Bertz CT molecular complexity index is 781. The van der Waals surface area contributed by atoms with Crippen LogP contribution in [0.3, 0.4) is 0 Å². The topological polar surface area (TPSA) is 74.8 Å². The van der Waals surface area contributed by atoms with E-state index in [4.69, 9.17) is 4.98 Å². The van der Waals surface area contributed by atoms with E-state index in [1.165, 1.54) is 25.7 Å². The van der Waals surface area contributed by atoms with Gasteiger partial charge in [0.15, 0.2) is 5.82 Å². The highest BCUT2D eigenvalue weighted by atomic mass is 16.2. The predicted molar refractivity (Wildman–Crippen MR) is 96.5 cm³/mol. The Labute approximate surface area is 153 Å². The van der Waals surface area contributed by atoms with Gasteiger partial charge < -0.3 is 4.90 Å². The number of H-pyrrole nitrogens is 1. The fourth-order valence-electron chi connectivity index (χ4n) is 4.24. The minimum Gasteiger partial charge on any atom is -0.342 e. The van der Waals surface area contributed by atoms with Crippen LogP contribution in [0.4, 0.5) is 0 Å². The Hall–Kier alpha value is -2.24. The van der Waals surface area contributed by atoms with Gasteiger partial charge in [0.2, 0.25) is 5.91 Å². The van der Waals surface area contributed by atoms with Crippen LogP contribution < -0.4 is 0 Å². The number of nitrogens with zero attached hydrogens (tertiary/aromatic N) is 4. The Morgan fingerprint density at radius 2 is 2.08 bits per heavy atom. The maximum Gasteiger partial charge on any atom is 0.222 e. The highest BCUT2D eigenvalue weighted by molar-refractivity contribution is 5.77. The number of carbonyl (C=O) groups excluding carboxylic acids is 1. The molecule has 2 aromatic heterocycles. The minimum absolute atomic E-state index is 0.241. The molecule has 2 aromatic rings. The van der Waals surface area contributed by atoms with Gasteiger partial charge in [-0.05, 0) is 56.1 Å². The van der Waals surface area contributed by atoms with E-state index >= 15 is 0 Å². The van der Waals surface area contributed by atoms with Crippen molar-refractivity contribution in [3.8, 4) is 0 Å². The fourth-order valence-corrected chi connectivity index (χ4v) is 4.24. The average molecular weight is 351 g/mol. The maximum absolute atomic E-state index is 12.8. The summed E-state index contributed by atoms with van der Waals surface area (Å²) in [5.41, 5.74) is 0.986. The number of hydrogen-bond donors (Lipinski definition) is 1. The van der Waals surface area contributed by atoms with Crippen molar-refractivity contribution in [2.24, 2.45) is 11.8 Å². The maximum atomic E-state index is 12.8. The summed E-state index contributed by atoms with van der Waals surface area (Å²) < 4.78 is 0. The van der Waals surface area contributed by atoms with Crippen LogP contribution in [0.1, 0.15) is 61.3 Å². The summed E-state index contributed by atoms with van der Waals surface area (Å²) in [6.45, 7) is 1.65. The molecule has 6 nitrogen and oxygen atoms in total. The van der Waals surface area contributed by atoms with Gasteiger partial charge in [0.1, 0.15) is 5.82 Å². The molecule has 0 aromatic carbocycles. The molecular formula is C20H25N5O. The van der Waals surface area contributed by atoms with Crippen LogP contribution in [0.5, 0.6) is 0 Å². The predicted octanol–water partition coefficient (Wildman–Crippen LogP) is 2.66. The van der Waals surface area contributed by atoms with Crippen molar-refractivity contribution in [3.63, 3.8) is 0 Å². The first-order chi connectivity index (χ1) is 12.8. The number of carbonyl (C=O) groups is 1. The van der Waals surface area contributed by atoms with Crippen molar-refractivity contribution in [3.05, 3.63) is 41.7 Å². The summed E-state index contributed by atoms with van der Waals surface area (Å²) in [4.78, 5) is 23.9. The number of amides is 1. The number of pyridine rings is 1. The number of rotatable bonds is 6. The Balaban J connectivity index is 1.26. The van der Waals surface area contributed by atoms with Gasteiger partial charge >= 0.3 is 0 Å². The van der Waals surface area contributed by atoms with Gasteiger partial charge in [-0.2, -0.15) is 5.10 Å². The molecule has 3 fully saturated rings. The van der Waals surface area contributed by atoms with Crippen molar-refractivity contribution in [1.29, 1.82) is 0 Å². The molecule has 3 aliphatic rings. The number of aromatic amines is 1. The second-order valence-electron chi connectivity index (χ2n) is 8.08. The van der Waals surface area contributed by atoms with Crippen LogP contribution in [0.25, 0.3) is 0 Å². The van der Waals surface area contributed by atoms with E-state index in [9.17, 15) is 4.79 Å². The number of likely N-dealkylation sites (tertiary alicyclic amines) is 1. The molecule has 3 heterocycles. The van der Waals surface area contributed by atoms with Crippen LogP contribution >= 0.6 is 0 Å². The lowest BCUT2D eigenvalue weighted by Gasteiger charge is -2.16. The minimum atomic E-state index is 0.241. The third kappa shape index (κ3) is 3.24. The van der Waals surface area contributed by atoms with Gasteiger partial charge in [-0.25, -0.2) is 4.98 Å². The summed E-state index contributed by atoms with van der Waals surface area (Å²) in [6.07, 6.45) is 8.05. The normalized spacial score (nSPS) is 25.6. The van der Waals surface area contributed by atoms with E-state index < -0.39 is 0 Å². The Kier molecular flexibility index (Phi) is 3.98. The van der Waals surface area contributed by atoms with Crippen molar-refractivity contribution in [2.75, 3.05) is 13.1 Å². The van der Waals surface area contributed by atoms with Crippen molar-refractivity contribution < 1.29 is 4.79 Å². The van der Waals surface area contributed by atoms with Crippen molar-refractivity contribution >= 4 is 5.91 Å². The standard InChI is InChI=1S/C20H25N5O/c26-18(9-8-15-3-1-2-10-21-15)25-11-16(13-4-5-13)17(12-25)20-22-19(23-24-20)14-6-7-14/h1-3,10,13-14,16-17H,4-9,11-12H2,(H,22,23,24)/t16-,17+/m1/s1. The molecule has 0 bridgehead atoms. The highest BCUT2D eigenvalue weighted by Crippen LogP contribution is 2.47. The van der Waals surface area contributed by atoms with Gasteiger partial charge in [-0.15, -0.1) is 0 Å².